The number of aryl methyl sites for hydroxylation is 1. The Morgan fingerprint density at radius 3 is 2.60 bits per heavy atom. The van der Waals surface area contributed by atoms with Gasteiger partial charge < -0.3 is 10.4 Å². The number of aromatic carboxylic acids is 1. The number of anilines is 1. The van der Waals surface area contributed by atoms with Gasteiger partial charge in [0.1, 0.15) is 4.88 Å². The lowest BCUT2D eigenvalue weighted by Crippen LogP contribution is -2.12. The van der Waals surface area contributed by atoms with Gasteiger partial charge in [0, 0.05) is 4.90 Å². The molecular formula is C14H13NO3S2. The molecule has 0 radical (unpaired) electrons. The zero-order chi connectivity index (χ0) is 14.5. The summed E-state index contributed by atoms with van der Waals surface area (Å²) in [7, 11) is 0. The van der Waals surface area contributed by atoms with Gasteiger partial charge in [-0.15, -0.1) is 23.1 Å². The predicted octanol–water partition coefficient (Wildman–Crippen LogP) is 3.49. The summed E-state index contributed by atoms with van der Waals surface area (Å²) in [6, 6.07) is 11.3. The summed E-state index contributed by atoms with van der Waals surface area (Å²) < 4.78 is 0. The molecule has 104 valence electrons. The summed E-state index contributed by atoms with van der Waals surface area (Å²) in [6.45, 7) is 1.72. The molecule has 0 saturated carbocycles. The number of rotatable bonds is 5. The number of carboxylic acid groups (broad SMARTS) is 1. The number of carbonyl (C=O) groups is 2. The first-order valence-electron chi connectivity index (χ1n) is 5.87. The molecule has 2 rings (SSSR count). The van der Waals surface area contributed by atoms with Crippen molar-refractivity contribution < 1.29 is 14.7 Å². The second-order valence-electron chi connectivity index (χ2n) is 4.08. The minimum Gasteiger partial charge on any atom is -0.477 e. The van der Waals surface area contributed by atoms with Crippen LogP contribution in [-0.2, 0) is 4.79 Å². The number of benzene rings is 1. The number of carboxylic acids is 1. The second kappa shape index (κ2) is 6.58. The summed E-state index contributed by atoms with van der Waals surface area (Å²) in [5.74, 6) is -0.813. The van der Waals surface area contributed by atoms with Crippen molar-refractivity contribution in [3.05, 3.63) is 46.8 Å². The van der Waals surface area contributed by atoms with Gasteiger partial charge in [-0.25, -0.2) is 4.79 Å². The van der Waals surface area contributed by atoms with Crippen molar-refractivity contribution in [2.45, 2.75) is 11.8 Å². The molecule has 2 N–H and O–H groups in total. The van der Waals surface area contributed by atoms with Gasteiger partial charge in [0.15, 0.2) is 0 Å². The summed E-state index contributed by atoms with van der Waals surface area (Å²) in [6.07, 6.45) is 0. The molecule has 0 bridgehead atoms. The van der Waals surface area contributed by atoms with Crippen LogP contribution in [0.1, 0.15) is 15.2 Å². The topological polar surface area (TPSA) is 66.4 Å². The summed E-state index contributed by atoms with van der Waals surface area (Å²) in [5.41, 5.74) is 0.661. The largest absolute Gasteiger partial charge is 0.477 e. The lowest BCUT2D eigenvalue weighted by Gasteiger charge is -2.02. The minimum atomic E-state index is -0.966. The Morgan fingerprint density at radius 2 is 2.00 bits per heavy atom. The van der Waals surface area contributed by atoms with Crippen LogP contribution in [0.15, 0.2) is 41.3 Å². The molecule has 0 atom stereocenters. The Balaban J connectivity index is 1.92. The van der Waals surface area contributed by atoms with E-state index in [0.717, 1.165) is 16.2 Å². The third-order valence-corrected chi connectivity index (χ3v) is 4.64. The van der Waals surface area contributed by atoms with Gasteiger partial charge in [0.2, 0.25) is 5.91 Å². The second-order valence-corrected chi connectivity index (χ2v) is 6.18. The van der Waals surface area contributed by atoms with E-state index >= 15 is 0 Å². The highest BCUT2D eigenvalue weighted by Crippen LogP contribution is 2.27. The van der Waals surface area contributed by atoms with Crippen molar-refractivity contribution in [2.75, 3.05) is 11.1 Å². The van der Waals surface area contributed by atoms with Gasteiger partial charge in [-0.3, -0.25) is 4.79 Å². The smallest absolute Gasteiger partial charge is 0.346 e. The molecule has 0 aliphatic carbocycles. The van der Waals surface area contributed by atoms with E-state index in [1.807, 2.05) is 30.3 Å². The van der Waals surface area contributed by atoms with E-state index in [2.05, 4.69) is 5.32 Å². The van der Waals surface area contributed by atoms with Gasteiger partial charge in [-0.1, -0.05) is 18.2 Å². The van der Waals surface area contributed by atoms with E-state index < -0.39 is 5.97 Å². The molecule has 20 heavy (non-hydrogen) atoms. The maximum Gasteiger partial charge on any atom is 0.346 e. The Kier molecular flexibility index (Phi) is 4.81. The van der Waals surface area contributed by atoms with Crippen LogP contribution in [0, 0.1) is 6.92 Å². The molecule has 1 aromatic carbocycles. The van der Waals surface area contributed by atoms with Crippen molar-refractivity contribution in [3.63, 3.8) is 0 Å². The first kappa shape index (κ1) is 14.6. The number of carbonyl (C=O) groups excluding carboxylic acids is 1. The van der Waals surface area contributed by atoms with Crippen molar-refractivity contribution in [2.24, 2.45) is 0 Å². The van der Waals surface area contributed by atoms with E-state index in [1.54, 1.807) is 13.0 Å². The van der Waals surface area contributed by atoms with Crippen LogP contribution in [-0.4, -0.2) is 22.7 Å². The fourth-order valence-corrected chi connectivity index (χ4v) is 3.24. The Bertz CT molecular complexity index is 623. The van der Waals surface area contributed by atoms with Crippen LogP contribution < -0.4 is 5.32 Å². The van der Waals surface area contributed by atoms with Crippen molar-refractivity contribution in [3.8, 4) is 0 Å². The molecule has 0 unspecified atom stereocenters. The van der Waals surface area contributed by atoms with Crippen LogP contribution in [0.2, 0.25) is 0 Å². The molecular weight excluding hydrogens is 294 g/mol. The zero-order valence-corrected chi connectivity index (χ0v) is 12.4. The van der Waals surface area contributed by atoms with Crippen molar-refractivity contribution >= 4 is 40.0 Å². The SMILES string of the molecule is Cc1cc(NC(=O)CSc2ccccc2)sc1C(=O)O. The fourth-order valence-electron chi connectivity index (χ4n) is 1.60. The molecule has 0 fully saturated rings. The molecule has 0 aliphatic heterocycles. The number of hydrogen-bond donors (Lipinski definition) is 2. The number of thioether (sulfide) groups is 1. The lowest BCUT2D eigenvalue weighted by atomic mass is 10.3. The molecule has 2 aromatic rings. The predicted molar refractivity (Wildman–Crippen MR) is 81.8 cm³/mol. The number of hydrogen-bond acceptors (Lipinski definition) is 4. The van der Waals surface area contributed by atoms with E-state index in [0.29, 0.717) is 16.3 Å². The fraction of sp³-hybridized carbons (Fsp3) is 0.143. The number of nitrogens with one attached hydrogen (secondary N) is 1. The van der Waals surface area contributed by atoms with E-state index in [-0.39, 0.29) is 10.8 Å². The highest BCUT2D eigenvalue weighted by molar-refractivity contribution is 8.00. The van der Waals surface area contributed by atoms with Crippen molar-refractivity contribution in [1.29, 1.82) is 0 Å². The maximum atomic E-state index is 11.8. The van der Waals surface area contributed by atoms with Gasteiger partial charge >= 0.3 is 5.97 Å². The third-order valence-electron chi connectivity index (χ3n) is 2.49. The summed E-state index contributed by atoms with van der Waals surface area (Å²) in [5, 5.41) is 12.3. The highest BCUT2D eigenvalue weighted by atomic mass is 32.2. The van der Waals surface area contributed by atoms with Crippen molar-refractivity contribution in [1.82, 2.24) is 0 Å². The van der Waals surface area contributed by atoms with Gasteiger partial charge in [-0.05, 0) is 30.7 Å². The molecule has 1 aromatic heterocycles. The van der Waals surface area contributed by atoms with Crippen LogP contribution in [0.25, 0.3) is 0 Å². The molecule has 0 spiro atoms. The Labute approximate surface area is 124 Å². The quantitative estimate of drug-likeness (QED) is 0.830. The van der Waals surface area contributed by atoms with Gasteiger partial charge in [-0.2, -0.15) is 0 Å². The lowest BCUT2D eigenvalue weighted by molar-refractivity contribution is -0.113. The molecule has 1 heterocycles. The average Bonchev–Trinajstić information content (AvgIpc) is 2.78. The first-order valence-corrected chi connectivity index (χ1v) is 7.68. The van der Waals surface area contributed by atoms with Crippen LogP contribution in [0.4, 0.5) is 5.00 Å². The third kappa shape index (κ3) is 3.85. The highest BCUT2D eigenvalue weighted by Gasteiger charge is 2.13. The Morgan fingerprint density at radius 1 is 1.30 bits per heavy atom. The summed E-state index contributed by atoms with van der Waals surface area (Å²) in [4.78, 5) is 24.0. The first-order chi connectivity index (χ1) is 9.56. The minimum absolute atomic E-state index is 0.142. The summed E-state index contributed by atoms with van der Waals surface area (Å²) >= 11 is 2.52. The van der Waals surface area contributed by atoms with E-state index in [1.165, 1.54) is 11.8 Å². The molecule has 1 amide bonds. The zero-order valence-electron chi connectivity index (χ0n) is 10.8. The van der Waals surface area contributed by atoms with Crippen LogP contribution in [0.5, 0.6) is 0 Å². The number of thiophene rings is 1. The standard InChI is InChI=1S/C14H13NO3S2/c1-9-7-12(20-13(9)14(17)18)15-11(16)8-19-10-5-3-2-4-6-10/h2-7H,8H2,1H3,(H,15,16)(H,17,18). The van der Waals surface area contributed by atoms with Gasteiger partial charge in [0.05, 0.1) is 10.8 Å². The van der Waals surface area contributed by atoms with Crippen LogP contribution in [0.3, 0.4) is 0 Å². The molecule has 4 nitrogen and oxygen atoms in total. The number of amides is 1. The Hall–Kier alpha value is -1.79. The van der Waals surface area contributed by atoms with E-state index in [9.17, 15) is 9.59 Å². The molecule has 0 saturated heterocycles. The normalized spacial score (nSPS) is 10.2. The monoisotopic (exact) mass is 307 g/mol. The average molecular weight is 307 g/mol. The van der Waals surface area contributed by atoms with Crippen LogP contribution >= 0.6 is 23.1 Å². The molecule has 6 heteroatoms. The maximum absolute atomic E-state index is 11.8. The molecule has 0 aliphatic rings. The van der Waals surface area contributed by atoms with E-state index in [4.69, 9.17) is 5.11 Å². The van der Waals surface area contributed by atoms with Gasteiger partial charge in [0.25, 0.3) is 0 Å².